The fourth-order valence-electron chi connectivity index (χ4n) is 7.64. The lowest BCUT2D eigenvalue weighted by Crippen LogP contribution is -2.15. The molecule has 0 saturated carbocycles. The van der Waals surface area contributed by atoms with Gasteiger partial charge in [-0.3, -0.25) is 4.57 Å². The van der Waals surface area contributed by atoms with Crippen LogP contribution in [0.2, 0.25) is 0 Å². The maximum Gasteiger partial charge on any atom is 0.238 e. The number of benzene rings is 6. The van der Waals surface area contributed by atoms with E-state index in [0.717, 1.165) is 22.2 Å². The summed E-state index contributed by atoms with van der Waals surface area (Å²) in [6.07, 6.45) is 0. The molecule has 10 rings (SSSR count). The highest BCUT2D eigenvalue weighted by atomic mass is 32.1. The molecule has 1 aliphatic rings. The van der Waals surface area contributed by atoms with Crippen LogP contribution < -0.4 is 0 Å². The molecule has 3 heterocycles. The first kappa shape index (κ1) is 26.6. The van der Waals surface area contributed by atoms with Gasteiger partial charge in [0.2, 0.25) is 5.95 Å². The van der Waals surface area contributed by atoms with Crippen LogP contribution in [0.5, 0.6) is 0 Å². The van der Waals surface area contributed by atoms with Gasteiger partial charge in [0.25, 0.3) is 0 Å². The molecule has 0 bridgehead atoms. The number of fused-ring (bicyclic) bond motifs is 10. The van der Waals surface area contributed by atoms with Gasteiger partial charge in [-0.15, -0.1) is 11.3 Å². The number of aromatic nitrogens is 4. The maximum absolute atomic E-state index is 5.15. The van der Waals surface area contributed by atoms with Crippen molar-refractivity contribution in [2.75, 3.05) is 0 Å². The minimum Gasteiger partial charge on any atom is -0.278 e. The summed E-state index contributed by atoms with van der Waals surface area (Å²) in [7, 11) is 0. The average Bonchev–Trinajstić information content (AvgIpc) is 3.73. The Morgan fingerprint density at radius 2 is 1.17 bits per heavy atom. The third kappa shape index (κ3) is 3.78. The number of nitrogens with zero attached hydrogens (tertiary/aromatic N) is 4. The minimum absolute atomic E-state index is 0.156. The van der Waals surface area contributed by atoms with Gasteiger partial charge >= 0.3 is 0 Å². The van der Waals surface area contributed by atoms with Crippen molar-refractivity contribution < 1.29 is 0 Å². The normalized spacial score (nSPS) is 13.5. The second-order valence-electron chi connectivity index (χ2n) is 12.9. The Labute approximate surface area is 275 Å². The van der Waals surface area contributed by atoms with Crippen molar-refractivity contribution in [1.29, 1.82) is 0 Å². The van der Waals surface area contributed by atoms with Crippen LogP contribution in [0.1, 0.15) is 25.0 Å². The lowest BCUT2D eigenvalue weighted by atomic mass is 9.81. The quantitative estimate of drug-likeness (QED) is 0.197. The van der Waals surface area contributed by atoms with Gasteiger partial charge in [-0.2, -0.15) is 9.97 Å². The molecule has 0 spiro atoms. The molecule has 47 heavy (non-hydrogen) atoms. The van der Waals surface area contributed by atoms with Crippen LogP contribution in [0.3, 0.4) is 0 Å². The van der Waals surface area contributed by atoms with Crippen LogP contribution in [0.4, 0.5) is 0 Å². The number of rotatable bonds is 3. The second-order valence-corrected chi connectivity index (χ2v) is 13.9. The van der Waals surface area contributed by atoms with Crippen molar-refractivity contribution in [3.05, 3.63) is 145 Å². The van der Waals surface area contributed by atoms with E-state index in [1.165, 1.54) is 53.2 Å². The highest BCUT2D eigenvalue weighted by Crippen LogP contribution is 2.55. The first-order valence-corrected chi connectivity index (χ1v) is 16.8. The molecule has 4 nitrogen and oxygen atoms in total. The fraction of sp³-hybridized carbons (Fsp3) is 0.0714. The average molecular weight is 621 g/mol. The first-order chi connectivity index (χ1) is 23.1. The van der Waals surface area contributed by atoms with Crippen LogP contribution in [-0.4, -0.2) is 19.5 Å². The molecule has 1 aliphatic carbocycles. The fourth-order valence-corrected chi connectivity index (χ4v) is 9.05. The van der Waals surface area contributed by atoms with Gasteiger partial charge in [-0.05, 0) is 46.5 Å². The topological polar surface area (TPSA) is 43.6 Å². The summed E-state index contributed by atoms with van der Waals surface area (Å²) in [6.45, 7) is 4.77. The van der Waals surface area contributed by atoms with Crippen LogP contribution >= 0.6 is 11.3 Å². The van der Waals surface area contributed by atoms with Crippen molar-refractivity contribution in [1.82, 2.24) is 19.5 Å². The highest BCUT2D eigenvalue weighted by Gasteiger charge is 2.38. The van der Waals surface area contributed by atoms with Gasteiger partial charge in [0, 0.05) is 47.5 Å². The molecule has 0 aliphatic heterocycles. The highest BCUT2D eigenvalue weighted by molar-refractivity contribution is 7.26. The van der Waals surface area contributed by atoms with Crippen LogP contribution in [0.15, 0.2) is 133 Å². The zero-order valence-corrected chi connectivity index (χ0v) is 26.7. The molecule has 0 unspecified atom stereocenters. The summed E-state index contributed by atoms with van der Waals surface area (Å²) < 4.78 is 4.96. The van der Waals surface area contributed by atoms with Gasteiger partial charge in [0.05, 0.1) is 11.0 Å². The third-order valence-corrected chi connectivity index (χ3v) is 11.0. The van der Waals surface area contributed by atoms with E-state index in [1.54, 1.807) is 0 Å². The Morgan fingerprint density at radius 3 is 1.89 bits per heavy atom. The monoisotopic (exact) mass is 620 g/mol. The van der Waals surface area contributed by atoms with E-state index in [0.29, 0.717) is 17.6 Å². The van der Waals surface area contributed by atoms with E-state index in [9.17, 15) is 0 Å². The third-order valence-electron chi connectivity index (χ3n) is 9.83. The molecule has 0 N–H and O–H groups in total. The molecule has 0 atom stereocenters. The number of hydrogen-bond donors (Lipinski definition) is 0. The van der Waals surface area contributed by atoms with Crippen LogP contribution in [0, 0.1) is 0 Å². The number of hydrogen-bond acceptors (Lipinski definition) is 4. The van der Waals surface area contributed by atoms with Crippen LogP contribution in [-0.2, 0) is 5.41 Å². The molecule has 6 aromatic carbocycles. The zero-order valence-electron chi connectivity index (χ0n) is 25.9. The zero-order chi connectivity index (χ0) is 31.3. The Bertz CT molecular complexity index is 2640. The van der Waals surface area contributed by atoms with Crippen LogP contribution in [0.25, 0.3) is 81.8 Å². The molecular weight excluding hydrogens is 593 g/mol. The maximum atomic E-state index is 5.15. The van der Waals surface area contributed by atoms with Gasteiger partial charge in [-0.1, -0.05) is 123 Å². The van der Waals surface area contributed by atoms with Gasteiger partial charge < -0.3 is 0 Å². The Hall–Kier alpha value is -5.65. The second kappa shape index (κ2) is 9.68. The smallest absolute Gasteiger partial charge is 0.238 e. The van der Waals surface area contributed by atoms with Gasteiger partial charge in [-0.25, -0.2) is 4.98 Å². The van der Waals surface area contributed by atoms with E-state index in [-0.39, 0.29) is 5.41 Å². The molecule has 9 aromatic rings. The largest absolute Gasteiger partial charge is 0.278 e. The minimum atomic E-state index is -0.156. The lowest BCUT2D eigenvalue weighted by Gasteiger charge is -2.22. The molecule has 0 radical (unpaired) electrons. The van der Waals surface area contributed by atoms with Crippen molar-refractivity contribution >= 4 is 53.3 Å². The molecule has 0 saturated heterocycles. The number of para-hydroxylation sites is 1. The molecule has 222 valence electrons. The Morgan fingerprint density at radius 1 is 0.532 bits per heavy atom. The SMILES string of the molecule is CC1(C)c2cc3c4ccccc4n(-c4nc(-c5ccccc5)nc(-c5ccccc5)n4)c3cc2-c2ccc3c(sc4ccccc43)c21. The van der Waals surface area contributed by atoms with E-state index in [2.05, 4.69) is 115 Å². The van der Waals surface area contributed by atoms with Gasteiger partial charge in [0.15, 0.2) is 11.6 Å². The Kier molecular flexibility index (Phi) is 5.47. The Balaban J connectivity index is 1.28. The predicted molar refractivity (Wildman–Crippen MR) is 195 cm³/mol. The lowest BCUT2D eigenvalue weighted by molar-refractivity contribution is 0.668. The molecule has 5 heteroatoms. The summed E-state index contributed by atoms with van der Waals surface area (Å²) in [5, 5.41) is 5.07. The molecule has 0 amide bonds. The molecular formula is C42H28N4S. The number of thiophene rings is 1. The van der Waals surface area contributed by atoms with Gasteiger partial charge in [0.1, 0.15) is 0 Å². The molecule has 3 aromatic heterocycles. The van der Waals surface area contributed by atoms with E-state index < -0.39 is 0 Å². The summed E-state index contributed by atoms with van der Waals surface area (Å²) in [5.74, 6) is 1.92. The summed E-state index contributed by atoms with van der Waals surface area (Å²) in [5.41, 5.74) is 9.30. The van der Waals surface area contributed by atoms with E-state index in [1.807, 2.05) is 47.7 Å². The summed E-state index contributed by atoms with van der Waals surface area (Å²) >= 11 is 1.92. The first-order valence-electron chi connectivity index (χ1n) is 16.0. The van der Waals surface area contributed by atoms with Crippen molar-refractivity contribution in [3.8, 4) is 39.9 Å². The van der Waals surface area contributed by atoms with Crippen molar-refractivity contribution in [3.63, 3.8) is 0 Å². The predicted octanol–water partition coefficient (Wildman–Crippen LogP) is 11.0. The van der Waals surface area contributed by atoms with E-state index >= 15 is 0 Å². The summed E-state index contributed by atoms with van der Waals surface area (Å²) in [6, 6.07) is 47.2. The molecule has 0 fully saturated rings. The van der Waals surface area contributed by atoms with E-state index in [4.69, 9.17) is 15.0 Å². The van der Waals surface area contributed by atoms with Crippen molar-refractivity contribution in [2.45, 2.75) is 19.3 Å². The standard InChI is InChI=1S/C42H28N4S/c1-42(2)33-23-32-27-17-9-11-19-34(27)46(41-44-39(25-13-5-3-6-14-25)43-40(45-41)26-15-7-4-8-16-26)35(32)24-31(33)29-21-22-30-28-18-10-12-20-36(28)47-38(30)37(29)42/h3-24H,1-2H3. The summed E-state index contributed by atoms with van der Waals surface area (Å²) in [4.78, 5) is 15.3. The van der Waals surface area contributed by atoms with Crippen molar-refractivity contribution in [2.24, 2.45) is 0 Å².